The predicted octanol–water partition coefficient (Wildman–Crippen LogP) is 4.23. The number of aromatic nitrogens is 3. The standard InChI is InChI=1S/C29H36N6O4/c1-19-18-39-16-13-35(19)28-33-26(32-27(34-28)23-11-14-38-15-12-23)22-5-9-25(10-6-22)31-29(37)30-24-7-3-21(4-8-24)17-20(2)36/h3-10,19-20,23,36H,11-18H2,1-2H3,(H2,30,31,37). The van der Waals surface area contributed by atoms with Crippen molar-refractivity contribution in [2.75, 3.05) is 48.5 Å². The van der Waals surface area contributed by atoms with Gasteiger partial charge < -0.3 is 30.1 Å². The van der Waals surface area contributed by atoms with Crippen LogP contribution >= 0.6 is 0 Å². The van der Waals surface area contributed by atoms with Gasteiger partial charge in [0.2, 0.25) is 5.95 Å². The molecule has 3 N–H and O–H groups in total. The monoisotopic (exact) mass is 532 g/mol. The minimum absolute atomic E-state index is 0.177. The fourth-order valence-electron chi connectivity index (χ4n) is 4.86. The maximum absolute atomic E-state index is 12.5. The lowest BCUT2D eigenvalue weighted by molar-refractivity contribution is 0.0834. The van der Waals surface area contributed by atoms with E-state index in [-0.39, 0.29) is 18.0 Å². The topological polar surface area (TPSA) is 122 Å². The van der Waals surface area contributed by atoms with Gasteiger partial charge in [-0.25, -0.2) is 9.78 Å². The minimum atomic E-state index is -0.407. The number of benzene rings is 2. The minimum Gasteiger partial charge on any atom is -0.393 e. The highest BCUT2D eigenvalue weighted by atomic mass is 16.5. The Morgan fingerprint density at radius 2 is 1.64 bits per heavy atom. The Morgan fingerprint density at radius 1 is 0.974 bits per heavy atom. The van der Waals surface area contributed by atoms with Crippen LogP contribution in [0.15, 0.2) is 48.5 Å². The Balaban J connectivity index is 1.30. The van der Waals surface area contributed by atoms with Crippen LogP contribution in [0.3, 0.4) is 0 Å². The van der Waals surface area contributed by atoms with Crippen molar-refractivity contribution in [1.29, 1.82) is 0 Å². The molecule has 2 fully saturated rings. The highest BCUT2D eigenvalue weighted by Crippen LogP contribution is 2.29. The molecule has 3 aromatic rings. The molecule has 2 atom stereocenters. The molecule has 0 bridgehead atoms. The van der Waals surface area contributed by atoms with E-state index < -0.39 is 6.10 Å². The summed E-state index contributed by atoms with van der Waals surface area (Å²) in [5.74, 6) is 2.34. The third-order valence-corrected chi connectivity index (χ3v) is 7.00. The van der Waals surface area contributed by atoms with Gasteiger partial charge in [-0.3, -0.25) is 0 Å². The fraction of sp³-hybridized carbons (Fsp3) is 0.448. The molecule has 206 valence electrons. The second-order valence-electron chi connectivity index (χ2n) is 10.2. The average molecular weight is 533 g/mol. The van der Waals surface area contributed by atoms with E-state index in [1.54, 1.807) is 6.92 Å². The van der Waals surface area contributed by atoms with Gasteiger partial charge in [-0.15, -0.1) is 0 Å². The number of aliphatic hydroxyl groups excluding tert-OH is 1. The van der Waals surface area contributed by atoms with E-state index in [4.69, 9.17) is 24.4 Å². The molecule has 39 heavy (non-hydrogen) atoms. The quantitative estimate of drug-likeness (QED) is 0.413. The number of carbonyl (C=O) groups is 1. The molecule has 10 heteroatoms. The lowest BCUT2D eigenvalue weighted by Crippen LogP contribution is -2.44. The molecular formula is C29H36N6O4. The number of urea groups is 1. The van der Waals surface area contributed by atoms with Crippen molar-refractivity contribution in [1.82, 2.24) is 15.0 Å². The SMILES string of the molecule is CC(O)Cc1ccc(NC(=O)Nc2ccc(-c3nc(C4CCOCC4)nc(N4CCOCC4C)n3)cc2)cc1. The Morgan fingerprint density at radius 3 is 2.28 bits per heavy atom. The molecule has 0 aliphatic carbocycles. The van der Waals surface area contributed by atoms with Gasteiger partial charge in [-0.2, -0.15) is 9.97 Å². The Labute approximate surface area is 228 Å². The van der Waals surface area contributed by atoms with Crippen LogP contribution in [0.25, 0.3) is 11.4 Å². The molecule has 0 radical (unpaired) electrons. The Bertz CT molecular complexity index is 1250. The van der Waals surface area contributed by atoms with Crippen molar-refractivity contribution >= 4 is 23.4 Å². The van der Waals surface area contributed by atoms with Crippen molar-refractivity contribution in [3.8, 4) is 11.4 Å². The molecule has 3 heterocycles. The maximum Gasteiger partial charge on any atom is 0.323 e. The first-order valence-corrected chi connectivity index (χ1v) is 13.6. The number of morpholine rings is 1. The molecule has 1 aromatic heterocycles. The second kappa shape index (κ2) is 12.5. The molecule has 2 aromatic carbocycles. The van der Waals surface area contributed by atoms with Crippen LogP contribution in [0.1, 0.15) is 44.0 Å². The number of hydrogen-bond donors (Lipinski definition) is 3. The normalized spacial score (nSPS) is 18.9. The zero-order valence-corrected chi connectivity index (χ0v) is 22.5. The number of ether oxygens (including phenoxy) is 2. The summed E-state index contributed by atoms with van der Waals surface area (Å²) in [6.45, 7) is 7.31. The van der Waals surface area contributed by atoms with Crippen LogP contribution in [0.2, 0.25) is 0 Å². The molecule has 2 aliphatic heterocycles. The van der Waals surface area contributed by atoms with Crippen LogP contribution in [-0.4, -0.2) is 71.2 Å². The number of carbonyl (C=O) groups excluding carboxylic acids is 1. The van der Waals surface area contributed by atoms with E-state index in [1.807, 2.05) is 48.5 Å². The highest BCUT2D eigenvalue weighted by Gasteiger charge is 2.26. The van der Waals surface area contributed by atoms with Gasteiger partial charge in [-0.1, -0.05) is 12.1 Å². The lowest BCUT2D eigenvalue weighted by atomic mass is 9.99. The summed E-state index contributed by atoms with van der Waals surface area (Å²) in [4.78, 5) is 29.3. The van der Waals surface area contributed by atoms with Crippen LogP contribution in [0.5, 0.6) is 0 Å². The summed E-state index contributed by atoms with van der Waals surface area (Å²) in [5, 5.41) is 15.2. The van der Waals surface area contributed by atoms with Gasteiger partial charge in [0.1, 0.15) is 5.82 Å². The maximum atomic E-state index is 12.5. The number of aliphatic hydroxyl groups is 1. The zero-order chi connectivity index (χ0) is 27.2. The smallest absolute Gasteiger partial charge is 0.323 e. The van der Waals surface area contributed by atoms with Gasteiger partial charge >= 0.3 is 6.03 Å². The fourth-order valence-corrected chi connectivity index (χ4v) is 4.86. The number of nitrogens with zero attached hydrogens (tertiary/aromatic N) is 4. The molecule has 2 unspecified atom stereocenters. The summed E-state index contributed by atoms with van der Waals surface area (Å²) in [6.07, 6.45) is 1.95. The predicted molar refractivity (Wildman–Crippen MR) is 150 cm³/mol. The van der Waals surface area contributed by atoms with E-state index in [1.165, 1.54) is 0 Å². The van der Waals surface area contributed by atoms with E-state index >= 15 is 0 Å². The highest BCUT2D eigenvalue weighted by molar-refractivity contribution is 5.99. The molecule has 0 spiro atoms. The van der Waals surface area contributed by atoms with Crippen molar-refractivity contribution < 1.29 is 19.4 Å². The number of nitrogens with one attached hydrogen (secondary N) is 2. The summed E-state index contributed by atoms with van der Waals surface area (Å²) in [7, 11) is 0. The second-order valence-corrected chi connectivity index (χ2v) is 10.2. The molecule has 2 amide bonds. The van der Waals surface area contributed by atoms with Crippen molar-refractivity contribution in [2.24, 2.45) is 0 Å². The van der Waals surface area contributed by atoms with E-state index in [0.29, 0.717) is 56.0 Å². The molecular weight excluding hydrogens is 496 g/mol. The van der Waals surface area contributed by atoms with E-state index in [0.717, 1.165) is 36.3 Å². The van der Waals surface area contributed by atoms with Crippen molar-refractivity contribution in [3.63, 3.8) is 0 Å². The van der Waals surface area contributed by atoms with Crippen molar-refractivity contribution in [3.05, 3.63) is 59.9 Å². The van der Waals surface area contributed by atoms with Gasteiger partial charge in [0.15, 0.2) is 5.82 Å². The van der Waals surface area contributed by atoms with Gasteiger partial charge in [0.05, 0.1) is 25.4 Å². The van der Waals surface area contributed by atoms with Crippen molar-refractivity contribution in [2.45, 2.75) is 51.2 Å². The average Bonchev–Trinajstić information content (AvgIpc) is 2.95. The van der Waals surface area contributed by atoms with Crippen LogP contribution in [0.4, 0.5) is 22.1 Å². The van der Waals surface area contributed by atoms with E-state index in [2.05, 4.69) is 22.5 Å². The summed E-state index contributed by atoms with van der Waals surface area (Å²) < 4.78 is 11.2. The summed E-state index contributed by atoms with van der Waals surface area (Å²) in [5.41, 5.74) is 3.19. The first-order chi connectivity index (χ1) is 18.9. The lowest BCUT2D eigenvalue weighted by Gasteiger charge is -2.34. The van der Waals surface area contributed by atoms with E-state index in [9.17, 15) is 9.90 Å². The van der Waals surface area contributed by atoms with Crippen LogP contribution in [-0.2, 0) is 15.9 Å². The molecule has 5 rings (SSSR count). The Hall–Kier alpha value is -3.60. The number of amides is 2. The molecule has 0 saturated carbocycles. The molecule has 2 aliphatic rings. The number of hydrogen-bond acceptors (Lipinski definition) is 8. The summed E-state index contributed by atoms with van der Waals surface area (Å²) >= 11 is 0. The zero-order valence-electron chi connectivity index (χ0n) is 22.5. The number of anilines is 3. The largest absolute Gasteiger partial charge is 0.393 e. The first kappa shape index (κ1) is 27.0. The van der Waals surface area contributed by atoms with Gasteiger partial charge in [-0.05, 0) is 75.1 Å². The van der Waals surface area contributed by atoms with Crippen LogP contribution in [0, 0.1) is 0 Å². The Kier molecular flexibility index (Phi) is 8.65. The van der Waals surface area contributed by atoms with Crippen LogP contribution < -0.4 is 15.5 Å². The summed E-state index contributed by atoms with van der Waals surface area (Å²) in [6, 6.07) is 14.8. The molecule has 2 saturated heterocycles. The first-order valence-electron chi connectivity index (χ1n) is 13.6. The third-order valence-electron chi connectivity index (χ3n) is 7.00. The van der Waals surface area contributed by atoms with Gasteiger partial charge in [0, 0.05) is 42.6 Å². The van der Waals surface area contributed by atoms with Gasteiger partial charge in [0.25, 0.3) is 0 Å². The third kappa shape index (κ3) is 7.08. The number of rotatable bonds is 7. The molecule has 10 nitrogen and oxygen atoms in total.